The molecule has 3 nitrogen and oxygen atoms in total. The molecule has 0 fully saturated rings. The van der Waals surface area contributed by atoms with Crippen LogP contribution < -0.4 is 0 Å². The van der Waals surface area contributed by atoms with Gasteiger partial charge in [-0.2, -0.15) is 4.89 Å². The van der Waals surface area contributed by atoms with Crippen LogP contribution in [0, 0.1) is 5.92 Å². The standard InChI is InChI=1S/C8H16O3/c1-4-8(9)11-10-6-5-7(2)3/h7H,4-6H2,1-3H3. The van der Waals surface area contributed by atoms with Gasteiger partial charge in [-0.3, -0.25) is 4.89 Å². The second-order valence-electron chi connectivity index (χ2n) is 2.81. The topological polar surface area (TPSA) is 35.5 Å². The van der Waals surface area contributed by atoms with E-state index in [0.717, 1.165) is 6.42 Å². The summed E-state index contributed by atoms with van der Waals surface area (Å²) in [6.45, 7) is 6.40. The van der Waals surface area contributed by atoms with Crippen molar-refractivity contribution in [2.75, 3.05) is 6.61 Å². The van der Waals surface area contributed by atoms with Crippen molar-refractivity contribution in [1.29, 1.82) is 0 Å². The summed E-state index contributed by atoms with van der Waals surface area (Å²) in [5.41, 5.74) is 0. The SMILES string of the molecule is CCC(=O)OOCCC(C)C. The average Bonchev–Trinajstić information content (AvgIpc) is 1.97. The molecule has 0 aromatic heterocycles. The Morgan fingerprint density at radius 2 is 2.09 bits per heavy atom. The number of carbonyl (C=O) groups excluding carboxylic acids is 1. The van der Waals surface area contributed by atoms with E-state index in [1.54, 1.807) is 6.92 Å². The third-order valence-corrected chi connectivity index (χ3v) is 1.22. The maximum atomic E-state index is 10.5. The summed E-state index contributed by atoms with van der Waals surface area (Å²) in [5, 5.41) is 0. The second-order valence-corrected chi connectivity index (χ2v) is 2.81. The van der Waals surface area contributed by atoms with Crippen LogP contribution in [0.3, 0.4) is 0 Å². The molecular formula is C8H16O3. The van der Waals surface area contributed by atoms with E-state index in [1.807, 2.05) is 0 Å². The van der Waals surface area contributed by atoms with Gasteiger partial charge in [0.25, 0.3) is 0 Å². The van der Waals surface area contributed by atoms with Crippen molar-refractivity contribution in [2.24, 2.45) is 5.92 Å². The molecule has 0 aromatic carbocycles. The van der Waals surface area contributed by atoms with Crippen LogP contribution in [0.5, 0.6) is 0 Å². The van der Waals surface area contributed by atoms with E-state index in [-0.39, 0.29) is 5.97 Å². The van der Waals surface area contributed by atoms with Gasteiger partial charge in [-0.05, 0) is 12.3 Å². The third-order valence-electron chi connectivity index (χ3n) is 1.22. The van der Waals surface area contributed by atoms with E-state index in [0.29, 0.717) is 18.9 Å². The van der Waals surface area contributed by atoms with Crippen LogP contribution >= 0.6 is 0 Å². The monoisotopic (exact) mass is 160 g/mol. The van der Waals surface area contributed by atoms with E-state index in [4.69, 9.17) is 0 Å². The fraction of sp³-hybridized carbons (Fsp3) is 0.875. The van der Waals surface area contributed by atoms with Gasteiger partial charge in [0, 0.05) is 6.42 Å². The Kier molecular flexibility index (Phi) is 5.84. The molecule has 0 bridgehead atoms. The molecule has 0 aliphatic heterocycles. The van der Waals surface area contributed by atoms with Crippen LogP contribution in [0.4, 0.5) is 0 Å². The normalized spacial score (nSPS) is 10.2. The maximum Gasteiger partial charge on any atom is 0.342 e. The molecule has 0 saturated carbocycles. The number of hydrogen-bond donors (Lipinski definition) is 0. The minimum absolute atomic E-state index is 0.311. The molecule has 0 spiro atoms. The quantitative estimate of drug-likeness (QED) is 0.350. The van der Waals surface area contributed by atoms with E-state index in [2.05, 4.69) is 23.6 Å². The molecule has 66 valence electrons. The highest BCUT2D eigenvalue weighted by Gasteiger charge is 1.99. The van der Waals surface area contributed by atoms with Crippen LogP contribution in [-0.4, -0.2) is 12.6 Å². The van der Waals surface area contributed by atoms with Gasteiger partial charge in [0.2, 0.25) is 0 Å². The molecule has 0 rings (SSSR count). The van der Waals surface area contributed by atoms with Gasteiger partial charge in [-0.15, -0.1) is 0 Å². The Morgan fingerprint density at radius 1 is 1.45 bits per heavy atom. The Hall–Kier alpha value is -0.570. The molecule has 0 heterocycles. The lowest BCUT2D eigenvalue weighted by Crippen LogP contribution is -2.06. The summed E-state index contributed by atoms with van der Waals surface area (Å²) < 4.78 is 0. The first-order valence-electron chi connectivity index (χ1n) is 3.99. The largest absolute Gasteiger partial charge is 0.342 e. The molecule has 11 heavy (non-hydrogen) atoms. The summed E-state index contributed by atoms with van der Waals surface area (Å²) in [4.78, 5) is 19.6. The van der Waals surface area contributed by atoms with Gasteiger partial charge in [0.1, 0.15) is 0 Å². The van der Waals surface area contributed by atoms with Gasteiger partial charge in [0.15, 0.2) is 0 Å². The van der Waals surface area contributed by atoms with Crippen molar-refractivity contribution < 1.29 is 14.6 Å². The van der Waals surface area contributed by atoms with Gasteiger partial charge in [0.05, 0.1) is 6.61 Å². The molecule has 0 unspecified atom stereocenters. The van der Waals surface area contributed by atoms with Crippen molar-refractivity contribution in [3.05, 3.63) is 0 Å². The van der Waals surface area contributed by atoms with E-state index in [9.17, 15) is 4.79 Å². The van der Waals surface area contributed by atoms with Crippen LogP contribution in [0.25, 0.3) is 0 Å². The summed E-state index contributed by atoms with van der Waals surface area (Å²) in [6, 6.07) is 0. The first kappa shape index (κ1) is 10.4. The van der Waals surface area contributed by atoms with E-state index >= 15 is 0 Å². The minimum atomic E-state index is -0.311. The molecule has 0 atom stereocenters. The third kappa shape index (κ3) is 7.33. The van der Waals surface area contributed by atoms with Crippen molar-refractivity contribution in [3.8, 4) is 0 Å². The van der Waals surface area contributed by atoms with Crippen LogP contribution in [0.15, 0.2) is 0 Å². The fourth-order valence-corrected chi connectivity index (χ4v) is 0.450. The lowest BCUT2D eigenvalue weighted by atomic mass is 10.1. The lowest BCUT2D eigenvalue weighted by Gasteiger charge is -2.03. The van der Waals surface area contributed by atoms with Crippen molar-refractivity contribution in [1.82, 2.24) is 0 Å². The van der Waals surface area contributed by atoms with Crippen molar-refractivity contribution >= 4 is 5.97 Å². The zero-order chi connectivity index (χ0) is 8.69. The van der Waals surface area contributed by atoms with Gasteiger partial charge in [-0.1, -0.05) is 20.8 Å². The average molecular weight is 160 g/mol. The molecule has 0 aliphatic rings. The molecule has 0 radical (unpaired) electrons. The predicted octanol–water partition coefficient (Wildman–Crippen LogP) is 1.92. The number of carbonyl (C=O) groups is 1. The van der Waals surface area contributed by atoms with Gasteiger partial charge >= 0.3 is 5.97 Å². The Bertz CT molecular complexity index is 110. The highest BCUT2D eigenvalue weighted by atomic mass is 17.2. The molecular weight excluding hydrogens is 144 g/mol. The van der Waals surface area contributed by atoms with Gasteiger partial charge in [-0.25, -0.2) is 4.79 Å². The Morgan fingerprint density at radius 3 is 2.55 bits per heavy atom. The van der Waals surface area contributed by atoms with Crippen LogP contribution in [0.1, 0.15) is 33.6 Å². The minimum Gasteiger partial charge on any atom is -0.298 e. The lowest BCUT2D eigenvalue weighted by molar-refractivity contribution is -0.273. The zero-order valence-corrected chi connectivity index (χ0v) is 7.42. The summed E-state index contributed by atoms with van der Waals surface area (Å²) in [6.07, 6.45) is 1.28. The van der Waals surface area contributed by atoms with Crippen LogP contribution in [0.2, 0.25) is 0 Å². The Balaban J connectivity index is 3.08. The first-order valence-corrected chi connectivity index (χ1v) is 3.99. The zero-order valence-electron chi connectivity index (χ0n) is 7.42. The Labute approximate surface area is 67.6 Å². The summed E-state index contributed by atoms with van der Waals surface area (Å²) in [7, 11) is 0. The second kappa shape index (κ2) is 6.16. The molecule has 0 aromatic rings. The number of hydrogen-bond acceptors (Lipinski definition) is 3. The smallest absolute Gasteiger partial charge is 0.298 e. The molecule has 3 heteroatoms. The molecule has 0 N–H and O–H groups in total. The van der Waals surface area contributed by atoms with Crippen molar-refractivity contribution in [3.63, 3.8) is 0 Å². The van der Waals surface area contributed by atoms with Gasteiger partial charge < -0.3 is 0 Å². The molecule has 0 aliphatic carbocycles. The highest BCUT2D eigenvalue weighted by molar-refractivity contribution is 5.68. The van der Waals surface area contributed by atoms with Crippen LogP contribution in [-0.2, 0) is 14.6 Å². The number of rotatable bonds is 5. The van der Waals surface area contributed by atoms with E-state index < -0.39 is 0 Å². The fourth-order valence-electron chi connectivity index (χ4n) is 0.450. The predicted molar refractivity (Wildman–Crippen MR) is 41.8 cm³/mol. The maximum absolute atomic E-state index is 10.5. The summed E-state index contributed by atoms with van der Waals surface area (Å²) in [5.74, 6) is 0.268. The molecule has 0 amide bonds. The summed E-state index contributed by atoms with van der Waals surface area (Å²) >= 11 is 0. The molecule has 0 saturated heterocycles. The van der Waals surface area contributed by atoms with E-state index in [1.165, 1.54) is 0 Å². The van der Waals surface area contributed by atoms with Crippen molar-refractivity contribution in [2.45, 2.75) is 33.6 Å². The first-order chi connectivity index (χ1) is 5.16. The highest BCUT2D eigenvalue weighted by Crippen LogP contribution is 1.99.